The molecule has 1 aliphatic carbocycles. The highest BCUT2D eigenvalue weighted by molar-refractivity contribution is 7.12. The SMILES string of the molecule is Cc1ccc(CC(=O)N[C@@H]2CC[C@@H](N3CCCC3)[C@@H]2O)s1. The number of amides is 1. The van der Waals surface area contributed by atoms with Crippen LogP contribution in [0.2, 0.25) is 0 Å². The van der Waals surface area contributed by atoms with Gasteiger partial charge in [0.15, 0.2) is 0 Å². The molecule has 3 atom stereocenters. The summed E-state index contributed by atoms with van der Waals surface area (Å²) in [5.74, 6) is 0.0305. The van der Waals surface area contributed by atoms with Gasteiger partial charge in [0.25, 0.3) is 0 Å². The molecule has 1 aromatic heterocycles. The van der Waals surface area contributed by atoms with Crippen LogP contribution >= 0.6 is 11.3 Å². The molecular weight excluding hydrogens is 284 g/mol. The van der Waals surface area contributed by atoms with Crippen molar-refractivity contribution >= 4 is 17.2 Å². The molecule has 3 rings (SSSR count). The lowest BCUT2D eigenvalue weighted by Gasteiger charge is -2.28. The maximum absolute atomic E-state index is 12.1. The number of carbonyl (C=O) groups excluding carboxylic acids is 1. The number of aliphatic hydroxyl groups is 1. The number of nitrogens with zero attached hydrogens (tertiary/aromatic N) is 1. The number of thiophene rings is 1. The average molecular weight is 308 g/mol. The minimum atomic E-state index is -0.419. The van der Waals surface area contributed by atoms with E-state index in [0.29, 0.717) is 6.42 Å². The van der Waals surface area contributed by atoms with E-state index in [1.165, 1.54) is 17.7 Å². The number of carbonyl (C=O) groups is 1. The first-order chi connectivity index (χ1) is 10.1. The van der Waals surface area contributed by atoms with Crippen LogP contribution in [0.15, 0.2) is 12.1 Å². The number of rotatable bonds is 4. The minimum absolute atomic E-state index is 0.0305. The second kappa shape index (κ2) is 6.46. The Morgan fingerprint density at radius 3 is 2.81 bits per heavy atom. The number of likely N-dealkylation sites (tertiary alicyclic amines) is 1. The Labute approximate surface area is 130 Å². The van der Waals surface area contributed by atoms with Crippen LogP contribution in [0.3, 0.4) is 0 Å². The first-order valence-electron chi connectivity index (χ1n) is 7.90. The summed E-state index contributed by atoms with van der Waals surface area (Å²) in [6, 6.07) is 4.21. The van der Waals surface area contributed by atoms with E-state index < -0.39 is 6.10 Å². The molecule has 116 valence electrons. The summed E-state index contributed by atoms with van der Waals surface area (Å²) in [5.41, 5.74) is 0. The molecule has 1 saturated heterocycles. The molecule has 5 heteroatoms. The van der Waals surface area contributed by atoms with Crippen molar-refractivity contribution in [2.75, 3.05) is 13.1 Å². The van der Waals surface area contributed by atoms with E-state index in [2.05, 4.69) is 10.2 Å². The van der Waals surface area contributed by atoms with Gasteiger partial charge in [-0.05, 0) is 57.8 Å². The topological polar surface area (TPSA) is 52.6 Å². The fraction of sp³-hybridized carbons (Fsp3) is 0.688. The lowest BCUT2D eigenvalue weighted by molar-refractivity contribution is -0.121. The second-order valence-corrected chi connectivity index (χ2v) is 7.61. The van der Waals surface area contributed by atoms with Crippen molar-refractivity contribution in [3.8, 4) is 0 Å². The van der Waals surface area contributed by atoms with Gasteiger partial charge in [-0.15, -0.1) is 11.3 Å². The standard InChI is InChI=1S/C16H24N2O2S/c1-11-4-5-12(21-11)10-15(19)17-13-6-7-14(16(13)20)18-8-2-3-9-18/h4-5,13-14,16,20H,2-3,6-10H2,1H3,(H,17,19)/t13-,14-,16-/m1/s1. The molecule has 2 aliphatic rings. The van der Waals surface area contributed by atoms with Gasteiger partial charge in [0, 0.05) is 15.8 Å². The summed E-state index contributed by atoms with van der Waals surface area (Å²) in [5, 5.41) is 13.5. The van der Waals surface area contributed by atoms with Crippen molar-refractivity contribution in [2.45, 2.75) is 57.2 Å². The first-order valence-corrected chi connectivity index (χ1v) is 8.72. The molecule has 2 N–H and O–H groups in total. The molecule has 0 unspecified atom stereocenters. The largest absolute Gasteiger partial charge is 0.389 e. The molecule has 0 bridgehead atoms. The molecule has 1 aromatic rings. The van der Waals surface area contributed by atoms with Crippen molar-refractivity contribution in [1.29, 1.82) is 0 Å². The lowest BCUT2D eigenvalue weighted by atomic mass is 10.1. The third-order valence-corrected chi connectivity index (χ3v) is 5.67. The Kier molecular flexibility index (Phi) is 4.62. The molecule has 0 spiro atoms. The van der Waals surface area contributed by atoms with Crippen LogP contribution in [0.25, 0.3) is 0 Å². The van der Waals surface area contributed by atoms with Crippen LogP contribution in [0.4, 0.5) is 0 Å². The van der Waals surface area contributed by atoms with E-state index in [0.717, 1.165) is 30.8 Å². The number of aryl methyl sites for hydroxylation is 1. The highest BCUT2D eigenvalue weighted by atomic mass is 32.1. The molecule has 2 heterocycles. The third-order valence-electron chi connectivity index (χ3n) is 4.67. The second-order valence-electron chi connectivity index (χ2n) is 6.24. The summed E-state index contributed by atoms with van der Waals surface area (Å²) in [6.45, 7) is 4.24. The van der Waals surface area contributed by atoms with Crippen molar-refractivity contribution in [1.82, 2.24) is 10.2 Å². The molecule has 1 aliphatic heterocycles. The maximum atomic E-state index is 12.1. The van der Waals surface area contributed by atoms with E-state index in [4.69, 9.17) is 0 Å². The van der Waals surface area contributed by atoms with Crippen molar-refractivity contribution in [3.63, 3.8) is 0 Å². The zero-order valence-electron chi connectivity index (χ0n) is 12.5. The van der Waals surface area contributed by atoms with E-state index in [1.54, 1.807) is 11.3 Å². The van der Waals surface area contributed by atoms with Gasteiger partial charge in [-0.1, -0.05) is 0 Å². The Morgan fingerprint density at radius 1 is 1.38 bits per heavy atom. The molecule has 2 fully saturated rings. The molecule has 1 saturated carbocycles. The van der Waals surface area contributed by atoms with Crippen molar-refractivity contribution < 1.29 is 9.90 Å². The number of hydrogen-bond acceptors (Lipinski definition) is 4. The van der Waals surface area contributed by atoms with Crippen molar-refractivity contribution in [3.05, 3.63) is 21.9 Å². The van der Waals surface area contributed by atoms with Crippen LogP contribution in [0.5, 0.6) is 0 Å². The predicted octanol–water partition coefficient (Wildman–Crippen LogP) is 1.70. The van der Waals surface area contributed by atoms with Crippen LogP contribution in [0, 0.1) is 6.92 Å². The van der Waals surface area contributed by atoms with E-state index in [1.807, 2.05) is 19.1 Å². The van der Waals surface area contributed by atoms with Crippen LogP contribution in [0.1, 0.15) is 35.4 Å². The maximum Gasteiger partial charge on any atom is 0.225 e. The van der Waals surface area contributed by atoms with E-state index >= 15 is 0 Å². The average Bonchev–Trinajstić information content (AvgIpc) is 3.14. The summed E-state index contributed by atoms with van der Waals surface area (Å²) < 4.78 is 0. The van der Waals surface area contributed by atoms with Crippen LogP contribution in [-0.2, 0) is 11.2 Å². The first kappa shape index (κ1) is 15.0. The molecule has 0 aromatic carbocycles. The Hall–Kier alpha value is -0.910. The quantitative estimate of drug-likeness (QED) is 0.890. The third kappa shape index (κ3) is 3.47. The summed E-state index contributed by atoms with van der Waals surface area (Å²) >= 11 is 1.66. The Balaban J connectivity index is 1.52. The normalized spacial score (nSPS) is 29.9. The molecular formula is C16H24N2O2S. The summed E-state index contributed by atoms with van der Waals surface area (Å²) in [4.78, 5) is 16.8. The van der Waals surface area contributed by atoms with Gasteiger partial charge < -0.3 is 10.4 Å². The fourth-order valence-corrected chi connectivity index (χ4v) is 4.47. The Bertz CT molecular complexity index is 496. The lowest BCUT2D eigenvalue weighted by Crippen LogP contribution is -2.48. The van der Waals surface area contributed by atoms with E-state index in [-0.39, 0.29) is 18.0 Å². The highest BCUT2D eigenvalue weighted by Gasteiger charge is 2.39. The molecule has 21 heavy (non-hydrogen) atoms. The monoisotopic (exact) mass is 308 g/mol. The van der Waals surface area contributed by atoms with Crippen LogP contribution in [-0.4, -0.2) is 47.2 Å². The van der Waals surface area contributed by atoms with Gasteiger partial charge in [0.2, 0.25) is 5.91 Å². The van der Waals surface area contributed by atoms with Crippen molar-refractivity contribution in [2.24, 2.45) is 0 Å². The van der Waals surface area contributed by atoms with Crippen LogP contribution < -0.4 is 5.32 Å². The number of aliphatic hydroxyl groups excluding tert-OH is 1. The fourth-order valence-electron chi connectivity index (χ4n) is 3.59. The van der Waals surface area contributed by atoms with Gasteiger partial charge in [-0.25, -0.2) is 0 Å². The molecule has 0 radical (unpaired) electrons. The van der Waals surface area contributed by atoms with Gasteiger partial charge >= 0.3 is 0 Å². The van der Waals surface area contributed by atoms with Gasteiger partial charge in [0.05, 0.1) is 18.6 Å². The zero-order chi connectivity index (χ0) is 14.8. The number of nitrogens with one attached hydrogen (secondary N) is 1. The van der Waals surface area contributed by atoms with Gasteiger partial charge in [0.1, 0.15) is 0 Å². The molecule has 1 amide bonds. The minimum Gasteiger partial charge on any atom is -0.389 e. The number of hydrogen-bond donors (Lipinski definition) is 2. The van der Waals surface area contributed by atoms with Gasteiger partial charge in [-0.3, -0.25) is 9.69 Å². The predicted molar refractivity (Wildman–Crippen MR) is 84.5 cm³/mol. The Morgan fingerprint density at radius 2 is 2.14 bits per heavy atom. The highest BCUT2D eigenvalue weighted by Crippen LogP contribution is 2.27. The van der Waals surface area contributed by atoms with Gasteiger partial charge in [-0.2, -0.15) is 0 Å². The smallest absolute Gasteiger partial charge is 0.225 e. The molecule has 4 nitrogen and oxygen atoms in total. The summed E-state index contributed by atoms with van der Waals surface area (Å²) in [7, 11) is 0. The zero-order valence-corrected chi connectivity index (χ0v) is 13.4. The van der Waals surface area contributed by atoms with E-state index in [9.17, 15) is 9.90 Å². The summed E-state index contributed by atoms with van der Waals surface area (Å²) in [6.07, 6.45) is 4.35.